The summed E-state index contributed by atoms with van der Waals surface area (Å²) in [5.74, 6) is -0.193. The van der Waals surface area contributed by atoms with Gasteiger partial charge in [-0.05, 0) is 12.1 Å². The van der Waals surface area contributed by atoms with Gasteiger partial charge in [0.25, 0.3) is 0 Å². The summed E-state index contributed by atoms with van der Waals surface area (Å²) in [6, 6.07) is 2.97. The monoisotopic (exact) mass is 209 g/mol. The normalized spacial score (nSPS) is 25.1. The van der Waals surface area contributed by atoms with Crippen LogP contribution in [0.1, 0.15) is 6.42 Å². The minimum absolute atomic E-state index is 0.193. The molecule has 1 aromatic heterocycles. The predicted octanol–water partition coefficient (Wildman–Crippen LogP) is 0.720. The second-order valence-corrected chi connectivity index (χ2v) is 3.52. The molecule has 80 valence electrons. The number of amides is 1. The summed E-state index contributed by atoms with van der Waals surface area (Å²) in [5, 5.41) is 5.52. The SMILES string of the molecule is O=C(Nc1ccncc1)[C@H]1C[C@H](F)CN1. The lowest BCUT2D eigenvalue weighted by Crippen LogP contribution is -2.35. The van der Waals surface area contributed by atoms with Crippen molar-refractivity contribution >= 4 is 11.6 Å². The molecule has 1 fully saturated rings. The number of pyridine rings is 1. The fraction of sp³-hybridized carbons (Fsp3) is 0.400. The summed E-state index contributed by atoms with van der Waals surface area (Å²) in [5.41, 5.74) is 0.680. The Kier molecular flexibility index (Phi) is 2.91. The first-order valence-electron chi connectivity index (χ1n) is 4.84. The van der Waals surface area contributed by atoms with Crippen molar-refractivity contribution in [2.75, 3.05) is 11.9 Å². The zero-order valence-electron chi connectivity index (χ0n) is 8.11. The molecule has 0 unspecified atom stereocenters. The number of carbonyl (C=O) groups is 1. The molecule has 1 saturated heterocycles. The van der Waals surface area contributed by atoms with Gasteiger partial charge in [-0.3, -0.25) is 9.78 Å². The van der Waals surface area contributed by atoms with Gasteiger partial charge in [0.15, 0.2) is 0 Å². The fourth-order valence-corrected chi connectivity index (χ4v) is 1.56. The molecule has 2 N–H and O–H groups in total. The third kappa shape index (κ3) is 2.50. The zero-order valence-corrected chi connectivity index (χ0v) is 8.11. The second-order valence-electron chi connectivity index (χ2n) is 3.52. The largest absolute Gasteiger partial charge is 0.325 e. The highest BCUT2D eigenvalue weighted by Gasteiger charge is 2.28. The van der Waals surface area contributed by atoms with Crippen LogP contribution in [0.25, 0.3) is 0 Å². The van der Waals surface area contributed by atoms with Crippen molar-refractivity contribution in [1.29, 1.82) is 0 Å². The van der Waals surface area contributed by atoms with E-state index in [1.54, 1.807) is 24.5 Å². The van der Waals surface area contributed by atoms with Gasteiger partial charge in [-0.1, -0.05) is 0 Å². The molecule has 1 aliphatic rings. The number of hydrogen-bond acceptors (Lipinski definition) is 3. The maximum atomic E-state index is 12.8. The van der Waals surface area contributed by atoms with Crippen LogP contribution >= 0.6 is 0 Å². The highest BCUT2D eigenvalue weighted by atomic mass is 19.1. The number of alkyl halides is 1. The molecular weight excluding hydrogens is 197 g/mol. The molecule has 4 nitrogen and oxygen atoms in total. The van der Waals surface area contributed by atoms with E-state index in [9.17, 15) is 9.18 Å². The Hall–Kier alpha value is -1.49. The van der Waals surface area contributed by atoms with Gasteiger partial charge in [0.05, 0.1) is 6.04 Å². The van der Waals surface area contributed by atoms with E-state index in [-0.39, 0.29) is 18.9 Å². The molecule has 0 aliphatic carbocycles. The molecule has 2 rings (SSSR count). The molecule has 15 heavy (non-hydrogen) atoms. The van der Waals surface area contributed by atoms with Crippen LogP contribution in [0.3, 0.4) is 0 Å². The molecule has 0 saturated carbocycles. The van der Waals surface area contributed by atoms with Crippen LogP contribution in [0.4, 0.5) is 10.1 Å². The van der Waals surface area contributed by atoms with Crippen molar-refractivity contribution in [3.8, 4) is 0 Å². The Labute approximate surface area is 86.9 Å². The van der Waals surface area contributed by atoms with Crippen LogP contribution in [0.15, 0.2) is 24.5 Å². The van der Waals surface area contributed by atoms with Gasteiger partial charge < -0.3 is 10.6 Å². The van der Waals surface area contributed by atoms with Crippen molar-refractivity contribution in [2.24, 2.45) is 0 Å². The number of nitrogens with zero attached hydrogens (tertiary/aromatic N) is 1. The maximum Gasteiger partial charge on any atom is 0.241 e. The summed E-state index contributed by atoms with van der Waals surface area (Å²) >= 11 is 0. The first-order valence-corrected chi connectivity index (χ1v) is 4.84. The van der Waals surface area contributed by atoms with Crippen LogP contribution in [0, 0.1) is 0 Å². The minimum Gasteiger partial charge on any atom is -0.325 e. The number of aromatic nitrogens is 1. The van der Waals surface area contributed by atoms with Crippen molar-refractivity contribution < 1.29 is 9.18 Å². The fourth-order valence-electron chi connectivity index (χ4n) is 1.56. The lowest BCUT2D eigenvalue weighted by molar-refractivity contribution is -0.117. The van der Waals surface area contributed by atoms with Gasteiger partial charge >= 0.3 is 0 Å². The van der Waals surface area contributed by atoms with Gasteiger partial charge in [0.1, 0.15) is 6.17 Å². The summed E-state index contributed by atoms with van der Waals surface area (Å²) < 4.78 is 12.8. The second kappa shape index (κ2) is 4.35. The predicted molar refractivity (Wildman–Crippen MR) is 54.2 cm³/mol. The molecule has 2 heterocycles. The molecule has 2 atom stereocenters. The van der Waals surface area contributed by atoms with E-state index in [1.807, 2.05) is 0 Å². The summed E-state index contributed by atoms with van der Waals surface area (Å²) in [7, 11) is 0. The highest BCUT2D eigenvalue weighted by Crippen LogP contribution is 2.12. The van der Waals surface area contributed by atoms with E-state index >= 15 is 0 Å². The third-order valence-electron chi connectivity index (χ3n) is 2.34. The van der Waals surface area contributed by atoms with Gasteiger partial charge in [-0.2, -0.15) is 0 Å². The quantitative estimate of drug-likeness (QED) is 0.754. The molecule has 0 radical (unpaired) electrons. The first-order chi connectivity index (χ1) is 7.25. The Balaban J connectivity index is 1.93. The minimum atomic E-state index is -0.918. The Bertz CT molecular complexity index is 344. The van der Waals surface area contributed by atoms with Crippen LogP contribution < -0.4 is 10.6 Å². The van der Waals surface area contributed by atoms with E-state index in [0.717, 1.165) is 0 Å². The molecule has 0 aromatic carbocycles. The standard InChI is InChI=1S/C10H12FN3O/c11-7-5-9(13-6-7)10(15)14-8-1-3-12-4-2-8/h1-4,7,9,13H,5-6H2,(H,12,14,15)/t7-,9+/m0/s1. The van der Waals surface area contributed by atoms with Crippen LogP contribution in [0.2, 0.25) is 0 Å². The average molecular weight is 209 g/mol. The lowest BCUT2D eigenvalue weighted by atomic mass is 10.2. The number of carbonyl (C=O) groups excluding carboxylic acids is 1. The average Bonchev–Trinajstić information content (AvgIpc) is 2.66. The van der Waals surface area contributed by atoms with E-state index in [1.165, 1.54) is 0 Å². The molecule has 0 bridgehead atoms. The van der Waals surface area contributed by atoms with Crippen LogP contribution in [0.5, 0.6) is 0 Å². The summed E-state index contributed by atoms with van der Waals surface area (Å²) in [6.07, 6.45) is 2.51. The van der Waals surface area contributed by atoms with Crippen molar-refractivity contribution in [1.82, 2.24) is 10.3 Å². The van der Waals surface area contributed by atoms with Crippen molar-refractivity contribution in [3.05, 3.63) is 24.5 Å². The van der Waals surface area contributed by atoms with Crippen molar-refractivity contribution in [3.63, 3.8) is 0 Å². The molecular formula is C10H12FN3O. The highest BCUT2D eigenvalue weighted by molar-refractivity contribution is 5.94. The maximum absolute atomic E-state index is 12.8. The molecule has 1 aliphatic heterocycles. The van der Waals surface area contributed by atoms with E-state index < -0.39 is 12.2 Å². The van der Waals surface area contributed by atoms with E-state index in [4.69, 9.17) is 0 Å². The third-order valence-corrected chi connectivity index (χ3v) is 2.34. The number of anilines is 1. The Morgan fingerprint density at radius 1 is 1.53 bits per heavy atom. The first kappa shape index (κ1) is 10.0. The Morgan fingerprint density at radius 2 is 2.27 bits per heavy atom. The van der Waals surface area contributed by atoms with Gasteiger partial charge in [-0.25, -0.2) is 4.39 Å². The van der Waals surface area contributed by atoms with Gasteiger partial charge in [0, 0.05) is 31.0 Å². The smallest absolute Gasteiger partial charge is 0.241 e. The van der Waals surface area contributed by atoms with Crippen LogP contribution in [-0.2, 0) is 4.79 Å². The molecule has 1 aromatic rings. The number of nitrogens with one attached hydrogen (secondary N) is 2. The Morgan fingerprint density at radius 3 is 2.87 bits per heavy atom. The molecule has 5 heteroatoms. The van der Waals surface area contributed by atoms with E-state index in [0.29, 0.717) is 5.69 Å². The summed E-state index contributed by atoms with van der Waals surface area (Å²) in [4.78, 5) is 15.4. The molecule has 0 spiro atoms. The zero-order chi connectivity index (χ0) is 10.7. The van der Waals surface area contributed by atoms with Gasteiger partial charge in [-0.15, -0.1) is 0 Å². The molecule has 1 amide bonds. The number of hydrogen-bond donors (Lipinski definition) is 2. The van der Waals surface area contributed by atoms with E-state index in [2.05, 4.69) is 15.6 Å². The van der Waals surface area contributed by atoms with Crippen LogP contribution in [-0.4, -0.2) is 29.6 Å². The number of halogens is 1. The number of rotatable bonds is 2. The van der Waals surface area contributed by atoms with Crippen molar-refractivity contribution in [2.45, 2.75) is 18.6 Å². The topological polar surface area (TPSA) is 54.0 Å². The van der Waals surface area contributed by atoms with Gasteiger partial charge in [0.2, 0.25) is 5.91 Å². The summed E-state index contributed by atoms with van der Waals surface area (Å²) in [6.45, 7) is 0.258. The lowest BCUT2D eigenvalue weighted by Gasteiger charge is -2.10.